The lowest BCUT2D eigenvalue weighted by molar-refractivity contribution is -0.156. The Labute approximate surface area is 321 Å². The fourth-order valence-corrected chi connectivity index (χ4v) is 6.29. The summed E-state index contributed by atoms with van der Waals surface area (Å²) in [5.74, 6) is -2.20. The molecule has 0 fully saturated rings. The molecule has 54 heavy (non-hydrogen) atoms. The minimum Gasteiger partial charge on any atom is -0.463 e. The lowest BCUT2D eigenvalue weighted by Gasteiger charge is -2.38. The lowest BCUT2D eigenvalue weighted by Crippen LogP contribution is -2.49. The number of nitrogens with one attached hydrogen (secondary N) is 1. The van der Waals surface area contributed by atoms with Gasteiger partial charge in [-0.2, -0.15) is 0 Å². The van der Waals surface area contributed by atoms with E-state index in [0.29, 0.717) is 43.4 Å². The number of rotatable bonds is 17. The maximum absolute atomic E-state index is 12.2. The molecule has 2 rings (SSSR count). The summed E-state index contributed by atoms with van der Waals surface area (Å²) in [5.41, 5.74) is 7.28. The molecular formula is C40H66N2O12. The van der Waals surface area contributed by atoms with Crippen molar-refractivity contribution < 1.29 is 57.2 Å². The number of esters is 4. The van der Waals surface area contributed by atoms with Crippen LogP contribution in [-0.4, -0.2) is 91.1 Å². The molecule has 0 bridgehead atoms. The van der Waals surface area contributed by atoms with Gasteiger partial charge in [-0.3, -0.25) is 14.4 Å². The molecule has 2 aliphatic rings. The maximum Gasteiger partial charge on any atom is 0.333 e. The number of hydrogen-bond acceptors (Lipinski definition) is 13. The van der Waals surface area contributed by atoms with Crippen molar-refractivity contribution in [1.29, 1.82) is 0 Å². The molecule has 0 aliphatic heterocycles. The molecule has 14 nitrogen and oxygen atoms in total. The largest absolute Gasteiger partial charge is 0.463 e. The monoisotopic (exact) mass is 766 g/mol. The van der Waals surface area contributed by atoms with Gasteiger partial charge in [-0.1, -0.05) is 27.7 Å². The van der Waals surface area contributed by atoms with Crippen LogP contribution >= 0.6 is 0 Å². The van der Waals surface area contributed by atoms with Crippen molar-refractivity contribution in [3.05, 3.63) is 23.3 Å². The van der Waals surface area contributed by atoms with Crippen molar-refractivity contribution in [1.82, 2.24) is 5.32 Å². The van der Waals surface area contributed by atoms with Crippen LogP contribution in [0, 0.1) is 11.8 Å². The van der Waals surface area contributed by atoms with Crippen LogP contribution in [0.25, 0.3) is 0 Å². The van der Waals surface area contributed by atoms with Gasteiger partial charge in [0.15, 0.2) is 0 Å². The first-order valence-corrected chi connectivity index (χ1v) is 19.1. The van der Waals surface area contributed by atoms with E-state index in [4.69, 9.17) is 24.7 Å². The van der Waals surface area contributed by atoms with Gasteiger partial charge in [-0.25, -0.2) is 9.59 Å². The highest BCUT2D eigenvalue weighted by atomic mass is 16.6. The molecule has 2 aliphatic carbocycles. The molecule has 0 saturated carbocycles. The molecule has 0 radical (unpaired) electrons. The van der Waals surface area contributed by atoms with E-state index in [-0.39, 0.29) is 72.3 Å². The van der Waals surface area contributed by atoms with Crippen LogP contribution in [0.5, 0.6) is 0 Å². The number of amides is 1. The van der Waals surface area contributed by atoms with Crippen molar-refractivity contribution in [3.63, 3.8) is 0 Å². The topological polar surface area (TPSA) is 204 Å². The lowest BCUT2D eigenvalue weighted by atomic mass is 9.79. The summed E-state index contributed by atoms with van der Waals surface area (Å²) in [6, 6.07) is -0.599. The Morgan fingerprint density at radius 2 is 1.04 bits per heavy atom. The first-order valence-electron chi connectivity index (χ1n) is 19.1. The average molecular weight is 767 g/mol. The van der Waals surface area contributed by atoms with E-state index in [1.54, 1.807) is 26.8 Å². The SMILES string of the molecule is CC(=O)OC(C)=O.CCOC(=O)C1=CC(OC(CC)CC)C(CC(C)=O)C(N)C1.CCOC(=O)C1=CC(OC(CC)CC)C(CC(C)=O)C(NC(C)=O)C1. The molecule has 0 aromatic heterocycles. The zero-order valence-electron chi connectivity index (χ0n) is 34.3. The van der Waals surface area contributed by atoms with E-state index in [1.165, 1.54) is 27.7 Å². The van der Waals surface area contributed by atoms with Crippen LogP contribution in [0.1, 0.15) is 128 Å². The van der Waals surface area contributed by atoms with Crippen molar-refractivity contribution in [2.75, 3.05) is 13.2 Å². The standard InChI is InChI=1S/C19H31NO5.C17H29NO4.C4H6O3/c1-6-15(7-2)25-18-11-14(19(23)24-8-3)10-17(20-13(5)22)16(18)9-12(4)21;1-5-13(6-2)22-16-10-12(17(20)21-7-3)9-15(18)14(16)8-11(4)19;1-3(5)7-4(2)6/h11,15-18H,6-10H2,1-5H3,(H,20,22);10,13-16H,5-9,18H2,1-4H3;1-2H3. The van der Waals surface area contributed by atoms with Gasteiger partial charge in [-0.05, 0) is 78.4 Å². The third-order valence-corrected chi connectivity index (χ3v) is 8.86. The summed E-state index contributed by atoms with van der Waals surface area (Å²) in [6.07, 6.45) is 7.92. The molecule has 0 aromatic rings. The average Bonchev–Trinajstić information content (AvgIpc) is 3.07. The van der Waals surface area contributed by atoms with E-state index >= 15 is 0 Å². The van der Waals surface area contributed by atoms with Gasteiger partial charge in [0.05, 0.1) is 37.6 Å². The molecule has 0 heterocycles. The van der Waals surface area contributed by atoms with Gasteiger partial charge in [-0.15, -0.1) is 0 Å². The van der Waals surface area contributed by atoms with Gasteiger partial charge in [0.2, 0.25) is 5.91 Å². The highest BCUT2D eigenvalue weighted by Gasteiger charge is 2.39. The third-order valence-electron chi connectivity index (χ3n) is 8.86. The smallest absolute Gasteiger partial charge is 0.333 e. The molecule has 6 unspecified atom stereocenters. The van der Waals surface area contributed by atoms with Crippen molar-refractivity contribution in [2.45, 2.75) is 164 Å². The molecule has 308 valence electrons. The fraction of sp³-hybridized carbons (Fsp3) is 0.725. The summed E-state index contributed by atoms with van der Waals surface area (Å²) in [4.78, 5) is 78.7. The molecular weight excluding hydrogens is 700 g/mol. The summed E-state index contributed by atoms with van der Waals surface area (Å²) in [6.45, 7) is 19.2. The Kier molecular flexibility index (Phi) is 25.1. The van der Waals surface area contributed by atoms with Crippen molar-refractivity contribution in [2.24, 2.45) is 17.6 Å². The summed E-state index contributed by atoms with van der Waals surface area (Å²) in [5, 5.41) is 2.88. The van der Waals surface area contributed by atoms with Gasteiger partial charge in [0, 0.05) is 68.7 Å². The number of carbonyl (C=O) groups is 7. The summed E-state index contributed by atoms with van der Waals surface area (Å²) in [7, 11) is 0. The zero-order valence-corrected chi connectivity index (χ0v) is 34.3. The Morgan fingerprint density at radius 3 is 1.37 bits per heavy atom. The van der Waals surface area contributed by atoms with Crippen LogP contribution in [-0.2, 0) is 57.2 Å². The Hall–Kier alpha value is -3.75. The van der Waals surface area contributed by atoms with Crippen molar-refractivity contribution in [3.8, 4) is 0 Å². The Morgan fingerprint density at radius 1 is 0.648 bits per heavy atom. The zero-order chi connectivity index (χ0) is 41.5. The van der Waals surface area contributed by atoms with E-state index in [2.05, 4.69) is 23.9 Å². The first kappa shape index (κ1) is 50.2. The number of ketones is 2. The van der Waals surface area contributed by atoms with Crippen LogP contribution in [0.3, 0.4) is 0 Å². The second-order valence-corrected chi connectivity index (χ2v) is 13.5. The van der Waals surface area contributed by atoms with E-state index in [1.807, 2.05) is 19.9 Å². The third kappa shape index (κ3) is 19.5. The second-order valence-electron chi connectivity index (χ2n) is 13.5. The second kappa shape index (κ2) is 26.9. The quantitative estimate of drug-likeness (QED) is 0.114. The Bertz CT molecular complexity index is 1290. The van der Waals surface area contributed by atoms with E-state index in [0.717, 1.165) is 25.7 Å². The van der Waals surface area contributed by atoms with Crippen LogP contribution in [0.2, 0.25) is 0 Å². The first-order chi connectivity index (χ1) is 25.4. The summed E-state index contributed by atoms with van der Waals surface area (Å²) >= 11 is 0. The van der Waals surface area contributed by atoms with Gasteiger partial charge < -0.3 is 44.3 Å². The molecule has 0 aromatic carbocycles. The molecule has 0 spiro atoms. The Balaban J connectivity index is 0.000000889. The molecule has 14 heteroatoms. The predicted molar refractivity (Wildman–Crippen MR) is 203 cm³/mol. The highest BCUT2D eigenvalue weighted by Crippen LogP contribution is 2.32. The van der Waals surface area contributed by atoms with Gasteiger partial charge in [0.25, 0.3) is 0 Å². The fourth-order valence-electron chi connectivity index (χ4n) is 6.29. The van der Waals surface area contributed by atoms with Crippen LogP contribution < -0.4 is 11.1 Å². The minimum atomic E-state index is -0.562. The van der Waals surface area contributed by atoms with E-state index < -0.39 is 24.0 Å². The molecule has 0 saturated heterocycles. The molecule has 6 atom stereocenters. The van der Waals surface area contributed by atoms with Crippen molar-refractivity contribution >= 4 is 41.4 Å². The molecule has 1 amide bonds. The predicted octanol–water partition coefficient (Wildman–Crippen LogP) is 5.03. The summed E-state index contributed by atoms with van der Waals surface area (Å²) < 4.78 is 26.5. The highest BCUT2D eigenvalue weighted by molar-refractivity contribution is 5.90. The number of hydrogen-bond donors (Lipinski definition) is 2. The van der Waals surface area contributed by atoms with Gasteiger partial charge in [0.1, 0.15) is 11.6 Å². The minimum absolute atomic E-state index is 0.0338. The van der Waals surface area contributed by atoms with Crippen LogP contribution in [0.4, 0.5) is 0 Å². The normalized spacial score (nSPS) is 21.9. The molecule has 3 N–H and O–H groups in total. The number of carbonyl (C=O) groups excluding carboxylic acids is 7. The number of ether oxygens (including phenoxy) is 5. The number of Topliss-reactive ketones (excluding diaryl/α,β-unsaturated/α-hetero) is 2. The van der Waals surface area contributed by atoms with E-state index in [9.17, 15) is 33.6 Å². The van der Waals surface area contributed by atoms with Crippen LogP contribution in [0.15, 0.2) is 23.3 Å². The van der Waals surface area contributed by atoms with Gasteiger partial charge >= 0.3 is 23.9 Å². The maximum atomic E-state index is 12.2. The number of nitrogens with two attached hydrogens (primary N) is 1.